The molecule has 0 fully saturated rings. The zero-order chi connectivity index (χ0) is 18.5. The van der Waals surface area contributed by atoms with Crippen LogP contribution in [0.3, 0.4) is 0 Å². The summed E-state index contributed by atoms with van der Waals surface area (Å²) in [7, 11) is 0. The van der Waals surface area contributed by atoms with Crippen LogP contribution in [0.25, 0.3) is 11.3 Å². The number of primary amides is 1. The van der Waals surface area contributed by atoms with Crippen LogP contribution >= 0.6 is 23.1 Å². The first-order valence-electron chi connectivity index (χ1n) is 7.67. The van der Waals surface area contributed by atoms with Gasteiger partial charge in [-0.05, 0) is 24.3 Å². The lowest BCUT2D eigenvalue weighted by Crippen LogP contribution is -2.14. The normalized spacial score (nSPS) is 10.5. The second-order valence-corrected chi connectivity index (χ2v) is 7.59. The van der Waals surface area contributed by atoms with E-state index in [2.05, 4.69) is 10.3 Å². The number of hydrogen-bond acceptors (Lipinski definition) is 6. The Balaban J connectivity index is 1.59. The standard InChI is InChI=1S/C18H16N4O2S2/c19-16(24)12-6-8-13(9-7-12)21-14(23)10-25-18-22-15(17(20)26-18)11-4-2-1-3-5-11/h1-9H,10,20H2,(H2,19,24)(H,21,23). The Hall–Kier alpha value is -2.84. The van der Waals surface area contributed by atoms with E-state index in [-0.39, 0.29) is 11.7 Å². The van der Waals surface area contributed by atoms with Crippen LogP contribution in [0.4, 0.5) is 10.7 Å². The van der Waals surface area contributed by atoms with Crippen LogP contribution in [0.15, 0.2) is 58.9 Å². The molecule has 6 nitrogen and oxygen atoms in total. The van der Waals surface area contributed by atoms with Crippen LogP contribution in [0.1, 0.15) is 10.4 Å². The third-order valence-corrected chi connectivity index (χ3v) is 5.49. The van der Waals surface area contributed by atoms with Gasteiger partial charge in [-0.3, -0.25) is 9.59 Å². The molecule has 3 aromatic rings. The molecule has 0 aliphatic heterocycles. The van der Waals surface area contributed by atoms with Crippen molar-refractivity contribution in [3.63, 3.8) is 0 Å². The summed E-state index contributed by atoms with van der Waals surface area (Å²) in [5, 5.41) is 3.39. The Bertz CT molecular complexity index is 924. The lowest BCUT2D eigenvalue weighted by atomic mass is 10.2. The molecule has 5 N–H and O–H groups in total. The Morgan fingerprint density at radius 3 is 2.42 bits per heavy atom. The molecule has 8 heteroatoms. The number of benzene rings is 2. The molecule has 0 unspecified atom stereocenters. The van der Waals surface area contributed by atoms with Crippen molar-refractivity contribution < 1.29 is 9.59 Å². The second kappa shape index (κ2) is 8.03. The minimum atomic E-state index is -0.506. The van der Waals surface area contributed by atoms with Crippen LogP contribution in [0.2, 0.25) is 0 Å². The van der Waals surface area contributed by atoms with Crippen LogP contribution in [0, 0.1) is 0 Å². The van der Waals surface area contributed by atoms with Crippen molar-refractivity contribution in [3.8, 4) is 11.3 Å². The van der Waals surface area contributed by atoms with E-state index in [1.165, 1.54) is 23.1 Å². The maximum atomic E-state index is 12.1. The molecule has 0 aliphatic carbocycles. The molecule has 0 saturated heterocycles. The average Bonchev–Trinajstić information content (AvgIpc) is 3.02. The number of thiazole rings is 1. The van der Waals surface area contributed by atoms with Gasteiger partial charge in [0.05, 0.1) is 5.75 Å². The number of nitrogens with two attached hydrogens (primary N) is 2. The van der Waals surface area contributed by atoms with Gasteiger partial charge in [-0.2, -0.15) is 0 Å². The Morgan fingerprint density at radius 2 is 1.77 bits per heavy atom. The van der Waals surface area contributed by atoms with E-state index in [4.69, 9.17) is 11.5 Å². The van der Waals surface area contributed by atoms with Gasteiger partial charge in [-0.15, -0.1) is 0 Å². The second-order valence-electron chi connectivity index (χ2n) is 5.34. The highest BCUT2D eigenvalue weighted by atomic mass is 32.2. The van der Waals surface area contributed by atoms with E-state index in [1.807, 2.05) is 30.3 Å². The maximum absolute atomic E-state index is 12.1. The number of nitrogens with one attached hydrogen (secondary N) is 1. The number of hydrogen-bond donors (Lipinski definition) is 3. The molecular weight excluding hydrogens is 368 g/mol. The zero-order valence-electron chi connectivity index (χ0n) is 13.6. The van der Waals surface area contributed by atoms with Gasteiger partial charge in [0.25, 0.3) is 0 Å². The van der Waals surface area contributed by atoms with E-state index in [0.717, 1.165) is 15.6 Å². The fourth-order valence-electron chi connectivity index (χ4n) is 2.22. The highest BCUT2D eigenvalue weighted by Gasteiger charge is 2.12. The topological polar surface area (TPSA) is 111 Å². The molecule has 3 rings (SSSR count). The van der Waals surface area contributed by atoms with Gasteiger partial charge in [0.15, 0.2) is 4.34 Å². The predicted molar refractivity (Wildman–Crippen MR) is 106 cm³/mol. The van der Waals surface area contributed by atoms with Gasteiger partial charge in [0.1, 0.15) is 10.7 Å². The molecule has 1 aromatic heterocycles. The highest BCUT2D eigenvalue weighted by Crippen LogP contribution is 2.35. The molecule has 0 bridgehead atoms. The first kappa shape index (κ1) is 18.0. The van der Waals surface area contributed by atoms with Gasteiger partial charge in [-0.1, -0.05) is 53.4 Å². The third kappa shape index (κ3) is 4.41. The Kier molecular flexibility index (Phi) is 5.55. The number of carbonyl (C=O) groups is 2. The molecule has 132 valence electrons. The smallest absolute Gasteiger partial charge is 0.248 e. The van der Waals surface area contributed by atoms with Crippen molar-refractivity contribution in [1.82, 2.24) is 4.98 Å². The molecule has 0 atom stereocenters. The fraction of sp³-hybridized carbons (Fsp3) is 0.0556. The van der Waals surface area contributed by atoms with Crippen LogP contribution < -0.4 is 16.8 Å². The zero-order valence-corrected chi connectivity index (χ0v) is 15.3. The quantitative estimate of drug-likeness (QED) is 0.565. The molecule has 26 heavy (non-hydrogen) atoms. The van der Waals surface area contributed by atoms with Crippen LogP contribution in [-0.2, 0) is 4.79 Å². The van der Waals surface area contributed by atoms with Crippen molar-refractivity contribution in [2.45, 2.75) is 4.34 Å². The molecule has 0 spiro atoms. The van der Waals surface area contributed by atoms with Gasteiger partial charge in [0, 0.05) is 16.8 Å². The van der Waals surface area contributed by atoms with Crippen molar-refractivity contribution in [3.05, 3.63) is 60.2 Å². The lowest BCUT2D eigenvalue weighted by molar-refractivity contribution is -0.113. The van der Waals surface area contributed by atoms with Crippen molar-refractivity contribution in [2.24, 2.45) is 5.73 Å². The monoisotopic (exact) mass is 384 g/mol. The Labute approximate surface area is 158 Å². The number of aromatic nitrogens is 1. The van der Waals surface area contributed by atoms with Gasteiger partial charge in [-0.25, -0.2) is 4.98 Å². The number of nitrogens with zero attached hydrogens (tertiary/aromatic N) is 1. The molecular formula is C18H16N4O2S2. The first-order valence-corrected chi connectivity index (χ1v) is 9.47. The van der Waals surface area contributed by atoms with Crippen molar-refractivity contribution in [1.29, 1.82) is 0 Å². The van der Waals surface area contributed by atoms with E-state index in [9.17, 15) is 9.59 Å². The molecule has 0 radical (unpaired) electrons. The van der Waals surface area contributed by atoms with Gasteiger partial charge >= 0.3 is 0 Å². The highest BCUT2D eigenvalue weighted by molar-refractivity contribution is 8.01. The maximum Gasteiger partial charge on any atom is 0.248 e. The largest absolute Gasteiger partial charge is 0.389 e. The molecule has 2 amide bonds. The summed E-state index contributed by atoms with van der Waals surface area (Å²) in [5.74, 6) is -0.468. The van der Waals surface area contributed by atoms with Crippen LogP contribution in [0.5, 0.6) is 0 Å². The molecule has 0 saturated carbocycles. The van der Waals surface area contributed by atoms with E-state index in [0.29, 0.717) is 16.3 Å². The summed E-state index contributed by atoms with van der Waals surface area (Å²) >= 11 is 2.69. The van der Waals surface area contributed by atoms with E-state index in [1.54, 1.807) is 24.3 Å². The Morgan fingerprint density at radius 1 is 1.08 bits per heavy atom. The molecule has 2 aromatic carbocycles. The third-order valence-electron chi connectivity index (χ3n) is 3.46. The minimum absolute atomic E-state index is 0.170. The van der Waals surface area contributed by atoms with E-state index < -0.39 is 5.91 Å². The molecule has 0 aliphatic rings. The number of carbonyl (C=O) groups excluding carboxylic acids is 2. The SMILES string of the molecule is NC(=O)c1ccc(NC(=O)CSc2nc(-c3ccccc3)c(N)s2)cc1. The molecule has 1 heterocycles. The van der Waals surface area contributed by atoms with Crippen molar-refractivity contribution >= 4 is 45.6 Å². The van der Waals surface area contributed by atoms with Gasteiger partial charge in [0.2, 0.25) is 11.8 Å². The number of nitrogen functional groups attached to an aromatic ring is 1. The summed E-state index contributed by atoms with van der Waals surface area (Å²) in [6.07, 6.45) is 0. The minimum Gasteiger partial charge on any atom is -0.389 e. The average molecular weight is 384 g/mol. The van der Waals surface area contributed by atoms with Gasteiger partial charge < -0.3 is 16.8 Å². The van der Waals surface area contributed by atoms with E-state index >= 15 is 0 Å². The summed E-state index contributed by atoms with van der Waals surface area (Å²) in [6.45, 7) is 0. The first-order chi connectivity index (χ1) is 12.5. The lowest BCUT2D eigenvalue weighted by Gasteiger charge is -2.04. The summed E-state index contributed by atoms with van der Waals surface area (Å²) in [5.41, 5.74) is 13.9. The van der Waals surface area contributed by atoms with Crippen molar-refractivity contribution in [2.75, 3.05) is 16.8 Å². The number of thioether (sulfide) groups is 1. The number of anilines is 2. The number of amides is 2. The fourth-order valence-corrected chi connectivity index (χ4v) is 3.97. The summed E-state index contributed by atoms with van der Waals surface area (Å²) in [4.78, 5) is 27.6. The summed E-state index contributed by atoms with van der Waals surface area (Å²) < 4.78 is 0.737. The predicted octanol–water partition coefficient (Wildman–Crippen LogP) is 3.22. The summed E-state index contributed by atoms with van der Waals surface area (Å²) in [6, 6.07) is 16.1. The van der Waals surface area contributed by atoms with Crippen LogP contribution in [-0.4, -0.2) is 22.6 Å². The number of rotatable bonds is 6.